The van der Waals surface area contributed by atoms with Crippen molar-refractivity contribution in [1.82, 2.24) is 9.80 Å². The molecule has 37 heavy (non-hydrogen) atoms. The smallest absolute Gasteiger partial charge is 0.313 e. The number of aliphatic hydroxyl groups excluding tert-OH is 1. The molecule has 0 saturated carbocycles. The molecule has 3 aliphatic heterocycles. The van der Waals surface area contributed by atoms with Gasteiger partial charge in [-0.25, -0.2) is 0 Å². The molecule has 3 saturated heterocycles. The zero-order chi connectivity index (χ0) is 27.2. The number of amides is 2. The second-order valence-corrected chi connectivity index (χ2v) is 11.1. The minimum absolute atomic E-state index is 0.0226. The van der Waals surface area contributed by atoms with Crippen molar-refractivity contribution >= 4 is 17.8 Å². The third kappa shape index (κ3) is 5.37. The number of rotatable bonds is 16. The molecule has 0 radical (unpaired) electrons. The Labute approximate surface area is 222 Å². The van der Waals surface area contributed by atoms with E-state index in [9.17, 15) is 14.4 Å². The van der Waals surface area contributed by atoms with E-state index in [0.29, 0.717) is 38.9 Å². The lowest BCUT2D eigenvalue weighted by Crippen LogP contribution is -2.56. The molecule has 2 bridgehead atoms. The molecule has 3 unspecified atom stereocenters. The van der Waals surface area contributed by atoms with Gasteiger partial charge >= 0.3 is 5.97 Å². The Balaban J connectivity index is 1.98. The Bertz CT molecular complexity index is 861. The van der Waals surface area contributed by atoms with Gasteiger partial charge in [-0.1, -0.05) is 58.3 Å². The zero-order valence-corrected chi connectivity index (χ0v) is 23.0. The lowest BCUT2D eigenvalue weighted by atomic mass is 9.62. The maximum Gasteiger partial charge on any atom is 0.313 e. The number of fused-ring (bicyclic) bond motifs is 1. The average Bonchev–Trinajstić information content (AvgIpc) is 3.38. The van der Waals surface area contributed by atoms with Crippen molar-refractivity contribution < 1.29 is 29.0 Å². The lowest BCUT2D eigenvalue weighted by Gasteiger charge is -2.37. The summed E-state index contributed by atoms with van der Waals surface area (Å²) >= 11 is 0. The Morgan fingerprint density at radius 3 is 2.57 bits per heavy atom. The van der Waals surface area contributed by atoms with Crippen LogP contribution in [0.3, 0.4) is 0 Å². The molecule has 8 nitrogen and oxygen atoms in total. The maximum absolute atomic E-state index is 14.2. The van der Waals surface area contributed by atoms with Crippen molar-refractivity contribution in [2.24, 2.45) is 17.8 Å². The minimum atomic E-state index is -1.06. The Morgan fingerprint density at radius 1 is 1.19 bits per heavy atom. The monoisotopic (exact) mass is 518 g/mol. The Kier molecular flexibility index (Phi) is 9.98. The fourth-order valence-electron chi connectivity index (χ4n) is 6.77. The van der Waals surface area contributed by atoms with E-state index in [1.54, 1.807) is 15.9 Å². The van der Waals surface area contributed by atoms with Crippen molar-refractivity contribution in [2.75, 3.05) is 32.8 Å². The number of hydrogen-bond acceptors (Lipinski definition) is 6. The summed E-state index contributed by atoms with van der Waals surface area (Å²) in [6, 6.07) is -0.786. The molecular weight excluding hydrogens is 472 g/mol. The molecule has 3 rings (SSSR count). The van der Waals surface area contributed by atoms with Crippen molar-refractivity contribution in [3.63, 3.8) is 0 Å². The standard InChI is InChI=1S/C29H46N2O6/c1-6-9-12-16-30(15-7-2)26(34)24-29-20-21(4)28(5,37-29)23(27(35)36-19-8-3)22(29)25(33)31(24)17-13-10-11-14-18-32/h7-8,21-24,32H,2-3,6,9-20H2,1,4-5H3/t21?,22-,23+,24?,28-,29?/m0/s1. The van der Waals surface area contributed by atoms with E-state index < -0.39 is 35.0 Å². The first-order chi connectivity index (χ1) is 17.7. The molecule has 3 aliphatic rings. The van der Waals surface area contributed by atoms with Crippen molar-refractivity contribution in [1.29, 1.82) is 0 Å². The average molecular weight is 519 g/mol. The van der Waals surface area contributed by atoms with Gasteiger partial charge in [-0.15, -0.1) is 6.58 Å². The quantitative estimate of drug-likeness (QED) is 0.191. The highest BCUT2D eigenvalue weighted by Crippen LogP contribution is 2.65. The zero-order valence-electron chi connectivity index (χ0n) is 23.0. The van der Waals surface area contributed by atoms with Gasteiger partial charge in [0, 0.05) is 26.2 Å². The van der Waals surface area contributed by atoms with Crippen LogP contribution in [0.5, 0.6) is 0 Å². The predicted octanol–water partition coefficient (Wildman–Crippen LogP) is 3.48. The van der Waals surface area contributed by atoms with E-state index in [2.05, 4.69) is 20.1 Å². The van der Waals surface area contributed by atoms with Crippen LogP contribution < -0.4 is 0 Å². The predicted molar refractivity (Wildman–Crippen MR) is 141 cm³/mol. The van der Waals surface area contributed by atoms with Gasteiger partial charge in [0.1, 0.15) is 24.2 Å². The van der Waals surface area contributed by atoms with E-state index in [4.69, 9.17) is 14.6 Å². The molecule has 0 aromatic heterocycles. The summed E-state index contributed by atoms with van der Waals surface area (Å²) < 4.78 is 12.2. The van der Waals surface area contributed by atoms with Crippen LogP contribution in [0.25, 0.3) is 0 Å². The van der Waals surface area contributed by atoms with Crippen molar-refractivity contribution in [3.05, 3.63) is 25.3 Å². The van der Waals surface area contributed by atoms with E-state index in [0.717, 1.165) is 32.1 Å². The van der Waals surface area contributed by atoms with Gasteiger partial charge in [0.15, 0.2) is 0 Å². The molecule has 0 aromatic rings. The van der Waals surface area contributed by atoms with Crippen molar-refractivity contribution in [3.8, 4) is 0 Å². The summed E-state index contributed by atoms with van der Waals surface area (Å²) in [6.45, 7) is 15.1. The van der Waals surface area contributed by atoms with E-state index in [-0.39, 0.29) is 30.9 Å². The van der Waals surface area contributed by atoms with Crippen LogP contribution in [0.4, 0.5) is 0 Å². The molecule has 208 valence electrons. The number of carbonyl (C=O) groups excluding carboxylic acids is 3. The van der Waals surface area contributed by atoms with Gasteiger partial charge in [0.2, 0.25) is 11.8 Å². The largest absolute Gasteiger partial charge is 0.461 e. The second kappa shape index (κ2) is 12.6. The number of likely N-dealkylation sites (tertiary alicyclic amines) is 1. The Morgan fingerprint density at radius 2 is 1.92 bits per heavy atom. The fourth-order valence-corrected chi connectivity index (χ4v) is 6.77. The third-order valence-corrected chi connectivity index (χ3v) is 8.65. The van der Waals surface area contributed by atoms with Gasteiger partial charge in [-0.2, -0.15) is 0 Å². The van der Waals surface area contributed by atoms with Gasteiger partial charge < -0.3 is 24.4 Å². The normalized spacial score (nSPS) is 31.9. The molecule has 2 amide bonds. The molecule has 8 heteroatoms. The first-order valence-corrected chi connectivity index (χ1v) is 14.0. The fraction of sp³-hybridized carbons (Fsp3) is 0.759. The van der Waals surface area contributed by atoms with Gasteiger partial charge in [-0.05, 0) is 38.5 Å². The number of aliphatic hydroxyl groups is 1. The number of esters is 1. The molecule has 1 N–H and O–H groups in total. The molecule has 1 spiro atoms. The van der Waals surface area contributed by atoms with Crippen LogP contribution in [0, 0.1) is 17.8 Å². The summed E-state index contributed by atoms with van der Waals surface area (Å²) in [5.74, 6) is -2.32. The summed E-state index contributed by atoms with van der Waals surface area (Å²) in [4.78, 5) is 45.1. The molecule has 0 aromatic carbocycles. The maximum atomic E-state index is 14.2. The van der Waals surface area contributed by atoms with E-state index in [1.165, 1.54) is 6.08 Å². The molecule has 3 heterocycles. The van der Waals surface area contributed by atoms with E-state index >= 15 is 0 Å². The van der Waals surface area contributed by atoms with Crippen LogP contribution in [0.2, 0.25) is 0 Å². The minimum Gasteiger partial charge on any atom is -0.461 e. The molecular formula is C29H46N2O6. The first-order valence-electron chi connectivity index (χ1n) is 14.0. The highest BCUT2D eigenvalue weighted by atomic mass is 16.6. The highest BCUT2D eigenvalue weighted by Gasteiger charge is 2.80. The number of nitrogens with zero attached hydrogens (tertiary/aromatic N) is 2. The number of carbonyl (C=O) groups is 3. The molecule has 6 atom stereocenters. The van der Waals surface area contributed by atoms with Crippen molar-refractivity contribution in [2.45, 2.75) is 89.4 Å². The lowest BCUT2D eigenvalue weighted by molar-refractivity contribution is -0.161. The summed E-state index contributed by atoms with van der Waals surface area (Å²) in [7, 11) is 0. The van der Waals surface area contributed by atoms with Crippen LogP contribution >= 0.6 is 0 Å². The number of ether oxygens (including phenoxy) is 2. The van der Waals surface area contributed by atoms with Crippen LogP contribution in [-0.2, 0) is 23.9 Å². The van der Waals surface area contributed by atoms with Crippen LogP contribution in [0.1, 0.15) is 72.1 Å². The number of unbranched alkanes of at least 4 members (excludes halogenated alkanes) is 5. The molecule has 0 aliphatic carbocycles. The van der Waals surface area contributed by atoms with Gasteiger partial charge in [-0.3, -0.25) is 14.4 Å². The summed E-state index contributed by atoms with van der Waals surface area (Å²) in [6.07, 6.45) is 9.83. The highest BCUT2D eigenvalue weighted by molar-refractivity contribution is 5.98. The van der Waals surface area contributed by atoms with Crippen LogP contribution in [0.15, 0.2) is 25.3 Å². The number of hydrogen-bond donors (Lipinski definition) is 1. The first kappa shape index (κ1) is 29.4. The van der Waals surface area contributed by atoms with Gasteiger partial charge in [0.05, 0.1) is 11.5 Å². The SMILES string of the molecule is C=CCOC(=O)[C@H]1[C@H]2C(=O)N(CCCCCCO)C(C(=O)N(CC=C)CCCCC)C23CC(C)[C@]1(C)O3. The van der Waals surface area contributed by atoms with Gasteiger partial charge in [0.25, 0.3) is 0 Å². The third-order valence-electron chi connectivity index (χ3n) is 8.65. The second-order valence-electron chi connectivity index (χ2n) is 11.1. The van der Waals surface area contributed by atoms with E-state index in [1.807, 2.05) is 13.8 Å². The summed E-state index contributed by atoms with van der Waals surface area (Å²) in [5.41, 5.74) is -1.94. The van der Waals surface area contributed by atoms with Crippen LogP contribution in [-0.4, -0.2) is 82.8 Å². The topological polar surface area (TPSA) is 96.4 Å². The Hall–Kier alpha value is -2.19. The molecule has 3 fully saturated rings. The summed E-state index contributed by atoms with van der Waals surface area (Å²) in [5, 5.41) is 9.12.